The summed E-state index contributed by atoms with van der Waals surface area (Å²) in [6, 6.07) is 0. The highest BCUT2D eigenvalue weighted by Gasteiger charge is 2.33. The first-order chi connectivity index (χ1) is 7.92. The molecular weight excluding hydrogens is 301 g/mol. The first-order valence-electron chi connectivity index (χ1n) is 5.36. The van der Waals surface area contributed by atoms with Gasteiger partial charge in [-0.2, -0.15) is 11.8 Å². The average Bonchev–Trinajstić information content (AvgIpc) is 2.25. The van der Waals surface area contributed by atoms with E-state index in [2.05, 4.69) is 4.99 Å². The largest absolute Gasteiger partial charge is 0.480 e. The first-order valence-corrected chi connectivity index (χ1v) is 5.81. The summed E-state index contributed by atoms with van der Waals surface area (Å²) in [5.41, 5.74) is 9.58. The molecule has 0 unspecified atom stereocenters. The van der Waals surface area contributed by atoms with Crippen LogP contribution in [-0.4, -0.2) is 54.2 Å². The van der Waals surface area contributed by atoms with Gasteiger partial charge in [0, 0.05) is 25.1 Å². The molecule has 0 radical (unpaired) electrons. The van der Waals surface area contributed by atoms with Crippen LogP contribution in [-0.2, 0) is 9.53 Å². The molecule has 0 aromatic heterocycles. The molecule has 18 heavy (non-hydrogen) atoms. The summed E-state index contributed by atoms with van der Waals surface area (Å²) in [5, 5.41) is 8.98. The highest BCUT2D eigenvalue weighted by atomic mass is 35.5. The minimum absolute atomic E-state index is 0. The highest BCUT2D eigenvalue weighted by Crippen LogP contribution is 2.12. The van der Waals surface area contributed by atoms with Crippen LogP contribution in [0.1, 0.15) is 8.29 Å². The van der Waals surface area contributed by atoms with Crippen LogP contribution in [0.15, 0.2) is 4.99 Å². The van der Waals surface area contributed by atoms with Crippen molar-refractivity contribution >= 4 is 48.4 Å². The van der Waals surface area contributed by atoms with Gasteiger partial charge in [0.25, 0.3) is 0 Å². The molecule has 0 spiro atoms. The Bertz CT molecular complexity index is 283. The lowest BCUT2D eigenvalue weighted by molar-refractivity contribution is -0.144. The number of ether oxygens (including phenoxy) is 1. The number of methoxy groups -OCH3 is 1. The second-order valence-electron chi connectivity index (χ2n) is 3.39. The van der Waals surface area contributed by atoms with E-state index in [4.69, 9.17) is 22.7 Å². The lowest BCUT2D eigenvalue weighted by Crippen LogP contribution is -2.54. The maximum atomic E-state index is 11.0. The fourth-order valence-electron chi connectivity index (χ4n) is 0.888. The number of amidine groups is 1. The Morgan fingerprint density at radius 1 is 1.61 bits per heavy atom. The molecule has 5 N–H and O–H groups in total. The molecule has 0 rings (SSSR count). The predicted octanol–water partition coefficient (Wildman–Crippen LogP) is 0.369. The van der Waals surface area contributed by atoms with Gasteiger partial charge in [-0.05, 0) is 6.92 Å². The molecule has 0 fully saturated rings. The summed E-state index contributed by atoms with van der Waals surface area (Å²) < 4.78 is 11.6. The van der Waals surface area contributed by atoms with Crippen molar-refractivity contribution in [2.75, 3.05) is 31.7 Å². The van der Waals surface area contributed by atoms with E-state index in [1.54, 1.807) is 6.92 Å². The van der Waals surface area contributed by atoms with Crippen LogP contribution in [0, 0.1) is 0 Å². The first kappa shape index (κ1) is 20.1. The summed E-state index contributed by atoms with van der Waals surface area (Å²) >= 11 is 1.37. The van der Waals surface area contributed by atoms with Crippen molar-refractivity contribution in [1.29, 1.82) is 0 Å². The fourth-order valence-corrected chi connectivity index (χ4v) is 1.82. The summed E-state index contributed by atoms with van der Waals surface area (Å²) in [4.78, 5) is 14.9. The Hall–Kier alpha value is -0.210. The monoisotopic (exact) mass is 322 g/mol. The van der Waals surface area contributed by atoms with Crippen molar-refractivity contribution in [2.24, 2.45) is 16.5 Å². The summed E-state index contributed by atoms with van der Waals surface area (Å²) in [5.74, 6) is 0.223. The van der Waals surface area contributed by atoms with Crippen molar-refractivity contribution in [2.45, 2.75) is 12.5 Å². The third-order valence-electron chi connectivity index (χ3n) is 1.74. The number of rotatable bonds is 8. The van der Waals surface area contributed by atoms with Gasteiger partial charge < -0.3 is 21.3 Å². The standard InChI is InChI=1S/C9H19N3O3S.2ClH/c1-7(10)12-3-4-16-6-9(11,5-15-2)8(13)14;;/h3-6,11H2,1-2H3,(H2,10,12)(H,13,14);2*1H/t9-;;/m1../s1/i2D;;. The lowest BCUT2D eigenvalue weighted by atomic mass is 10.1. The van der Waals surface area contributed by atoms with Gasteiger partial charge in [-0.3, -0.25) is 9.79 Å². The van der Waals surface area contributed by atoms with Gasteiger partial charge in [0.1, 0.15) is 5.54 Å². The lowest BCUT2D eigenvalue weighted by Gasteiger charge is -2.22. The number of halogens is 2. The molecule has 110 valence electrons. The molecule has 9 heteroatoms. The zero-order valence-corrected chi connectivity index (χ0v) is 12.6. The van der Waals surface area contributed by atoms with E-state index in [1.807, 2.05) is 0 Å². The minimum atomic E-state index is -1.45. The summed E-state index contributed by atoms with van der Waals surface area (Å²) in [6.07, 6.45) is 0. The third-order valence-corrected chi connectivity index (χ3v) is 2.93. The van der Waals surface area contributed by atoms with E-state index in [1.165, 1.54) is 11.8 Å². The number of hydrogen-bond donors (Lipinski definition) is 3. The maximum absolute atomic E-state index is 11.0. The molecule has 6 nitrogen and oxygen atoms in total. The van der Waals surface area contributed by atoms with Crippen LogP contribution in [0.3, 0.4) is 0 Å². The molecule has 0 aliphatic heterocycles. The Kier molecular flexibility index (Phi) is 13.2. The van der Waals surface area contributed by atoms with Crippen LogP contribution in [0.5, 0.6) is 0 Å². The Morgan fingerprint density at radius 2 is 2.22 bits per heavy atom. The van der Waals surface area contributed by atoms with E-state index in [9.17, 15) is 4.79 Å². The maximum Gasteiger partial charge on any atom is 0.326 e. The molecule has 0 amide bonds. The van der Waals surface area contributed by atoms with Crippen molar-refractivity contribution in [1.82, 2.24) is 0 Å². The number of carboxylic acid groups (broad SMARTS) is 1. The second-order valence-corrected chi connectivity index (χ2v) is 4.49. The SMILES string of the molecule is Cl.Cl.[2H]COC[C@@](N)(CSCCN=C(C)N)C(=O)O. The van der Waals surface area contributed by atoms with E-state index < -0.39 is 11.5 Å². The van der Waals surface area contributed by atoms with Crippen LogP contribution >= 0.6 is 36.6 Å². The Balaban J connectivity index is -0.00000128. The topological polar surface area (TPSA) is 111 Å². The molecule has 0 saturated carbocycles. The smallest absolute Gasteiger partial charge is 0.326 e. The van der Waals surface area contributed by atoms with Crippen LogP contribution in [0.4, 0.5) is 0 Å². The zero-order valence-electron chi connectivity index (χ0n) is 11.1. The van der Waals surface area contributed by atoms with E-state index >= 15 is 0 Å². The number of thioether (sulfide) groups is 1. The second kappa shape index (κ2) is 11.9. The molecule has 0 aliphatic carbocycles. The van der Waals surface area contributed by atoms with Crippen LogP contribution in [0.2, 0.25) is 0 Å². The van der Waals surface area contributed by atoms with Gasteiger partial charge in [0.15, 0.2) is 0 Å². The molecule has 0 aromatic carbocycles. The number of hydrogen-bond acceptors (Lipinski definition) is 5. The van der Waals surface area contributed by atoms with Crippen molar-refractivity contribution in [3.8, 4) is 0 Å². The number of nitrogens with two attached hydrogens (primary N) is 2. The molecule has 0 aliphatic rings. The number of aliphatic carboxylic acids is 1. The van der Waals surface area contributed by atoms with Crippen LogP contribution < -0.4 is 11.5 Å². The Morgan fingerprint density at radius 3 is 2.67 bits per heavy atom. The van der Waals surface area contributed by atoms with Crippen LogP contribution in [0.25, 0.3) is 0 Å². The number of nitrogens with zero attached hydrogens (tertiary/aromatic N) is 1. The average molecular weight is 323 g/mol. The van der Waals surface area contributed by atoms with Gasteiger partial charge in [0.2, 0.25) is 0 Å². The Labute approximate surface area is 125 Å². The molecule has 0 saturated heterocycles. The molecule has 0 heterocycles. The molecule has 0 bridgehead atoms. The molecule has 1 atom stereocenters. The third kappa shape index (κ3) is 9.78. The van der Waals surface area contributed by atoms with Gasteiger partial charge >= 0.3 is 5.97 Å². The highest BCUT2D eigenvalue weighted by molar-refractivity contribution is 7.99. The van der Waals surface area contributed by atoms with Crippen molar-refractivity contribution < 1.29 is 16.0 Å². The minimum Gasteiger partial charge on any atom is -0.480 e. The zero-order chi connectivity index (χ0) is 13.3. The molecular formula is C9H21Cl2N3O3S. The number of carboxylic acids is 1. The summed E-state index contributed by atoms with van der Waals surface area (Å²) in [6.45, 7) is 2.05. The van der Waals surface area contributed by atoms with Gasteiger partial charge in [-0.15, -0.1) is 24.8 Å². The van der Waals surface area contributed by atoms with Gasteiger partial charge in [0.05, 0.1) is 13.8 Å². The number of carbonyl (C=O) groups is 1. The van der Waals surface area contributed by atoms with Gasteiger partial charge in [-0.1, -0.05) is 0 Å². The quantitative estimate of drug-likeness (QED) is 0.338. The number of aliphatic imine (C=N–C) groups is 1. The summed E-state index contributed by atoms with van der Waals surface area (Å²) in [7, 11) is -0.298. The van der Waals surface area contributed by atoms with Crippen molar-refractivity contribution in [3.63, 3.8) is 0 Å². The normalized spacial score (nSPS) is 14.8. The van der Waals surface area contributed by atoms with E-state index in [0.717, 1.165) is 0 Å². The fraction of sp³-hybridized carbons (Fsp3) is 0.778. The predicted molar refractivity (Wildman–Crippen MR) is 80.4 cm³/mol. The van der Waals surface area contributed by atoms with Gasteiger partial charge in [-0.25, -0.2) is 0 Å². The molecule has 0 aromatic rings. The van der Waals surface area contributed by atoms with E-state index in [-0.39, 0.29) is 44.3 Å². The van der Waals surface area contributed by atoms with E-state index in [0.29, 0.717) is 18.1 Å². The van der Waals surface area contributed by atoms with Crippen molar-refractivity contribution in [3.05, 3.63) is 0 Å².